The molecule has 4 aromatic rings. The number of rotatable bonds is 4. The van der Waals surface area contributed by atoms with E-state index in [0.29, 0.717) is 28.4 Å². The lowest BCUT2D eigenvalue weighted by Crippen LogP contribution is -2.22. The van der Waals surface area contributed by atoms with Gasteiger partial charge in [-0.25, -0.2) is 9.78 Å². The molecular formula is C20H18N2O4S2. The molecule has 8 heteroatoms. The molecule has 28 heavy (non-hydrogen) atoms. The summed E-state index contributed by atoms with van der Waals surface area (Å²) in [5.74, 6) is 0.490. The number of aromatic hydroxyl groups is 1. The molecule has 0 fully saturated rings. The Morgan fingerprint density at radius 1 is 1.25 bits per heavy atom. The van der Waals surface area contributed by atoms with Gasteiger partial charge in [0.1, 0.15) is 16.2 Å². The Bertz CT molecular complexity index is 1330. The van der Waals surface area contributed by atoms with E-state index in [9.17, 15) is 14.7 Å². The van der Waals surface area contributed by atoms with Crippen molar-refractivity contribution in [2.24, 2.45) is 0 Å². The van der Waals surface area contributed by atoms with E-state index >= 15 is 0 Å². The molecule has 0 aliphatic rings. The summed E-state index contributed by atoms with van der Waals surface area (Å²) in [5.41, 5.74) is 1.59. The number of aryl methyl sites for hydroxylation is 2. The zero-order valence-electron chi connectivity index (χ0n) is 15.6. The number of hydrogen-bond donors (Lipinski definition) is 1. The first-order chi connectivity index (χ1) is 13.4. The van der Waals surface area contributed by atoms with Gasteiger partial charge in [0.2, 0.25) is 0 Å². The molecule has 1 N–H and O–H groups in total. The molecule has 1 aromatic carbocycles. The average Bonchev–Trinajstić information content (AvgIpc) is 2.93. The molecule has 0 radical (unpaired) electrons. The van der Waals surface area contributed by atoms with E-state index in [0.717, 1.165) is 26.2 Å². The van der Waals surface area contributed by atoms with Crippen LogP contribution in [0.25, 0.3) is 21.2 Å². The van der Waals surface area contributed by atoms with E-state index in [4.69, 9.17) is 9.40 Å². The number of aromatic nitrogens is 2. The van der Waals surface area contributed by atoms with E-state index in [2.05, 4.69) is 0 Å². The summed E-state index contributed by atoms with van der Waals surface area (Å²) in [6, 6.07) is 6.14. The molecule has 144 valence electrons. The Kier molecular flexibility index (Phi) is 4.76. The predicted molar refractivity (Wildman–Crippen MR) is 113 cm³/mol. The zero-order valence-corrected chi connectivity index (χ0v) is 17.2. The molecule has 0 saturated carbocycles. The Hall–Kier alpha value is -2.58. The van der Waals surface area contributed by atoms with Gasteiger partial charge in [0.25, 0.3) is 5.56 Å². The minimum absolute atomic E-state index is 0.0285. The first-order valence-electron chi connectivity index (χ1n) is 8.78. The van der Waals surface area contributed by atoms with Crippen LogP contribution in [-0.4, -0.2) is 14.7 Å². The van der Waals surface area contributed by atoms with Gasteiger partial charge < -0.3 is 9.52 Å². The normalized spacial score (nSPS) is 11.5. The van der Waals surface area contributed by atoms with Crippen LogP contribution in [0.2, 0.25) is 0 Å². The van der Waals surface area contributed by atoms with Gasteiger partial charge in [0.05, 0.1) is 5.39 Å². The minimum atomic E-state index is -0.477. The average molecular weight is 415 g/mol. The molecule has 0 spiro atoms. The van der Waals surface area contributed by atoms with Crippen molar-refractivity contribution in [1.82, 2.24) is 9.55 Å². The molecule has 0 aliphatic carbocycles. The van der Waals surface area contributed by atoms with E-state index in [1.54, 1.807) is 16.7 Å². The zero-order chi connectivity index (χ0) is 20.0. The van der Waals surface area contributed by atoms with Crippen LogP contribution in [0.1, 0.15) is 22.9 Å². The highest BCUT2D eigenvalue weighted by Crippen LogP contribution is 2.31. The van der Waals surface area contributed by atoms with Gasteiger partial charge in [-0.15, -0.1) is 11.3 Å². The molecule has 0 bridgehead atoms. The van der Waals surface area contributed by atoms with Crippen molar-refractivity contribution in [3.05, 3.63) is 61.0 Å². The fraction of sp³-hybridized carbons (Fsp3) is 0.250. The van der Waals surface area contributed by atoms with Gasteiger partial charge >= 0.3 is 5.63 Å². The van der Waals surface area contributed by atoms with Crippen molar-refractivity contribution >= 4 is 44.3 Å². The first-order valence-corrected chi connectivity index (χ1v) is 10.6. The summed E-state index contributed by atoms with van der Waals surface area (Å²) >= 11 is 2.94. The largest absolute Gasteiger partial charge is 0.508 e. The summed E-state index contributed by atoms with van der Waals surface area (Å²) in [4.78, 5) is 31.4. The maximum Gasteiger partial charge on any atom is 0.336 e. The lowest BCUT2D eigenvalue weighted by atomic mass is 10.1. The van der Waals surface area contributed by atoms with Crippen LogP contribution in [0.15, 0.2) is 43.4 Å². The van der Waals surface area contributed by atoms with Gasteiger partial charge in [-0.2, -0.15) is 0 Å². The SMILES string of the molecule is CCn1c(SCc2cc(=O)oc3cc(O)ccc23)nc2sc(C)c(C)c2c1=O. The third-order valence-electron chi connectivity index (χ3n) is 4.74. The third kappa shape index (κ3) is 3.12. The van der Waals surface area contributed by atoms with Crippen molar-refractivity contribution in [2.45, 2.75) is 38.2 Å². The molecular weight excluding hydrogens is 396 g/mol. The molecule has 0 amide bonds. The molecule has 4 rings (SSSR count). The molecule has 0 aliphatic heterocycles. The predicted octanol–water partition coefficient (Wildman–Crippen LogP) is 4.20. The van der Waals surface area contributed by atoms with Crippen molar-refractivity contribution in [3.63, 3.8) is 0 Å². The van der Waals surface area contributed by atoms with Crippen LogP contribution >= 0.6 is 23.1 Å². The highest BCUT2D eigenvalue weighted by molar-refractivity contribution is 7.98. The third-order valence-corrected chi connectivity index (χ3v) is 6.87. The second-order valence-electron chi connectivity index (χ2n) is 6.47. The van der Waals surface area contributed by atoms with E-state index in [1.807, 2.05) is 20.8 Å². The van der Waals surface area contributed by atoms with Crippen molar-refractivity contribution in [3.8, 4) is 5.75 Å². The minimum Gasteiger partial charge on any atom is -0.508 e. The van der Waals surface area contributed by atoms with Crippen LogP contribution < -0.4 is 11.2 Å². The number of benzene rings is 1. The fourth-order valence-corrected chi connectivity index (χ4v) is 5.30. The van der Waals surface area contributed by atoms with Crippen LogP contribution in [0, 0.1) is 13.8 Å². The number of thiophene rings is 1. The maximum atomic E-state index is 13.0. The van der Waals surface area contributed by atoms with Crippen LogP contribution in [-0.2, 0) is 12.3 Å². The van der Waals surface area contributed by atoms with Crippen LogP contribution in [0.3, 0.4) is 0 Å². The molecule has 6 nitrogen and oxygen atoms in total. The number of hydrogen-bond acceptors (Lipinski definition) is 7. The smallest absolute Gasteiger partial charge is 0.336 e. The van der Waals surface area contributed by atoms with Gasteiger partial charge in [-0.3, -0.25) is 9.36 Å². The Morgan fingerprint density at radius 3 is 2.79 bits per heavy atom. The number of phenolic OH excluding ortho intramolecular Hbond substituents is 1. The quantitative estimate of drug-likeness (QED) is 0.306. The standard InChI is InChI=1S/C20H18N2O4S2/c1-4-22-19(25)17-10(2)11(3)28-18(17)21-20(22)27-9-12-7-16(24)26-15-8-13(23)5-6-14(12)15/h5-8,23H,4,9H2,1-3H3. The Morgan fingerprint density at radius 2 is 2.04 bits per heavy atom. The first kappa shape index (κ1) is 18.8. The highest BCUT2D eigenvalue weighted by Gasteiger charge is 2.17. The topological polar surface area (TPSA) is 85.3 Å². The number of phenols is 1. The van der Waals surface area contributed by atoms with Gasteiger partial charge in [-0.05, 0) is 44.0 Å². The summed E-state index contributed by atoms with van der Waals surface area (Å²) in [5, 5.41) is 11.7. The van der Waals surface area contributed by atoms with E-state index < -0.39 is 5.63 Å². The van der Waals surface area contributed by atoms with E-state index in [-0.39, 0.29) is 11.3 Å². The van der Waals surface area contributed by atoms with Crippen LogP contribution in [0.5, 0.6) is 5.75 Å². The molecule has 0 saturated heterocycles. The lowest BCUT2D eigenvalue weighted by Gasteiger charge is -2.11. The number of fused-ring (bicyclic) bond motifs is 2. The van der Waals surface area contributed by atoms with Crippen molar-refractivity contribution in [2.75, 3.05) is 0 Å². The van der Waals surface area contributed by atoms with Crippen molar-refractivity contribution in [1.29, 1.82) is 0 Å². The molecule has 3 aromatic heterocycles. The molecule has 0 atom stereocenters. The second-order valence-corrected chi connectivity index (χ2v) is 8.61. The Balaban J connectivity index is 1.79. The summed E-state index contributed by atoms with van der Waals surface area (Å²) in [6.07, 6.45) is 0. The summed E-state index contributed by atoms with van der Waals surface area (Å²) < 4.78 is 6.85. The van der Waals surface area contributed by atoms with Gasteiger partial charge in [0, 0.05) is 34.7 Å². The molecule has 3 heterocycles. The summed E-state index contributed by atoms with van der Waals surface area (Å²) in [6.45, 7) is 6.39. The van der Waals surface area contributed by atoms with Crippen molar-refractivity contribution < 1.29 is 9.52 Å². The second kappa shape index (κ2) is 7.10. The highest BCUT2D eigenvalue weighted by atomic mass is 32.2. The monoisotopic (exact) mass is 414 g/mol. The fourth-order valence-electron chi connectivity index (χ4n) is 3.18. The van der Waals surface area contributed by atoms with Gasteiger partial charge in [-0.1, -0.05) is 11.8 Å². The summed E-state index contributed by atoms with van der Waals surface area (Å²) in [7, 11) is 0. The van der Waals surface area contributed by atoms with Gasteiger partial charge in [0.15, 0.2) is 5.16 Å². The number of nitrogens with zero attached hydrogens (tertiary/aromatic N) is 2. The van der Waals surface area contributed by atoms with Crippen LogP contribution in [0.4, 0.5) is 0 Å². The lowest BCUT2D eigenvalue weighted by molar-refractivity contribution is 0.473. The Labute approximate surface area is 168 Å². The van der Waals surface area contributed by atoms with E-state index in [1.165, 1.54) is 35.2 Å². The maximum absolute atomic E-state index is 13.0. The molecule has 0 unspecified atom stereocenters. The number of thioether (sulfide) groups is 1.